The van der Waals surface area contributed by atoms with Gasteiger partial charge in [-0.3, -0.25) is 4.99 Å². The minimum Gasteiger partial charge on any atom is -0.378 e. The van der Waals surface area contributed by atoms with E-state index in [4.69, 9.17) is 4.74 Å². The number of thiophene rings is 1. The molecule has 1 fully saturated rings. The molecule has 0 unspecified atom stereocenters. The third-order valence-electron chi connectivity index (χ3n) is 4.49. The Bertz CT molecular complexity index is 793. The number of nitrogens with one attached hydrogen (secondary N) is 2. The van der Waals surface area contributed by atoms with Crippen molar-refractivity contribution in [3.63, 3.8) is 0 Å². The van der Waals surface area contributed by atoms with Crippen molar-refractivity contribution in [2.24, 2.45) is 4.99 Å². The maximum Gasteiger partial charge on any atom is 0.416 e. The van der Waals surface area contributed by atoms with Crippen LogP contribution in [0.15, 0.2) is 40.0 Å². The van der Waals surface area contributed by atoms with E-state index in [2.05, 4.69) is 15.6 Å². The Morgan fingerprint density at radius 3 is 2.52 bits per heavy atom. The van der Waals surface area contributed by atoms with E-state index in [1.54, 1.807) is 24.5 Å². The fourth-order valence-electron chi connectivity index (χ4n) is 2.98. The first-order valence-electron chi connectivity index (χ1n) is 8.96. The van der Waals surface area contributed by atoms with Crippen molar-refractivity contribution in [1.82, 2.24) is 10.6 Å². The first-order valence-corrected chi connectivity index (χ1v) is 9.90. The van der Waals surface area contributed by atoms with Crippen molar-refractivity contribution >= 4 is 47.0 Å². The van der Waals surface area contributed by atoms with Crippen LogP contribution in [0.3, 0.4) is 0 Å². The van der Waals surface area contributed by atoms with Gasteiger partial charge in [0.05, 0.1) is 18.8 Å². The van der Waals surface area contributed by atoms with E-state index in [1.807, 2.05) is 21.7 Å². The Hall–Kier alpha value is -1.53. The minimum absolute atomic E-state index is 0. The van der Waals surface area contributed by atoms with Gasteiger partial charge < -0.3 is 20.3 Å². The van der Waals surface area contributed by atoms with Crippen LogP contribution in [-0.4, -0.2) is 39.3 Å². The molecule has 1 saturated heterocycles. The Balaban J connectivity index is 0.00000300. The fourth-order valence-corrected chi connectivity index (χ4v) is 3.65. The van der Waals surface area contributed by atoms with E-state index in [1.165, 1.54) is 12.1 Å². The lowest BCUT2D eigenvalue weighted by Gasteiger charge is -2.29. The second kappa shape index (κ2) is 11.0. The first-order chi connectivity index (χ1) is 13.5. The predicted octanol–water partition coefficient (Wildman–Crippen LogP) is 4.09. The number of anilines is 1. The maximum absolute atomic E-state index is 13.6. The number of hydrogen-bond acceptors (Lipinski definition) is 4. The molecule has 10 heteroatoms. The minimum atomic E-state index is -4.42. The highest BCUT2D eigenvalue weighted by molar-refractivity contribution is 14.0. The molecule has 0 aliphatic carbocycles. The summed E-state index contributed by atoms with van der Waals surface area (Å²) < 4.78 is 46.1. The molecule has 0 atom stereocenters. The first kappa shape index (κ1) is 23.7. The molecule has 1 aromatic carbocycles. The SMILES string of the molecule is CN=C(NCc1ccsc1)NCc1ccc(N2CCOCC2)cc1C(F)(F)F.I. The van der Waals surface area contributed by atoms with Crippen molar-refractivity contribution in [2.75, 3.05) is 38.3 Å². The normalized spacial score (nSPS) is 15.0. The number of morpholine rings is 1. The predicted molar refractivity (Wildman–Crippen MR) is 121 cm³/mol. The lowest BCUT2D eigenvalue weighted by Crippen LogP contribution is -2.37. The molecular formula is C19H24F3IN4OS. The molecule has 2 heterocycles. The van der Waals surface area contributed by atoms with Gasteiger partial charge in [-0.25, -0.2) is 0 Å². The van der Waals surface area contributed by atoms with Crippen molar-refractivity contribution < 1.29 is 17.9 Å². The molecule has 160 valence electrons. The highest BCUT2D eigenvalue weighted by Crippen LogP contribution is 2.35. The van der Waals surface area contributed by atoms with Crippen LogP contribution >= 0.6 is 35.3 Å². The third-order valence-corrected chi connectivity index (χ3v) is 5.22. The number of nitrogens with zero attached hydrogens (tertiary/aromatic N) is 2. The van der Waals surface area contributed by atoms with Crippen molar-refractivity contribution in [3.05, 3.63) is 51.7 Å². The molecule has 5 nitrogen and oxygen atoms in total. The number of halogens is 4. The Morgan fingerprint density at radius 1 is 1.17 bits per heavy atom. The fraction of sp³-hybridized carbons (Fsp3) is 0.421. The molecule has 0 spiro atoms. The summed E-state index contributed by atoms with van der Waals surface area (Å²) in [5.41, 5.74) is 1.22. The van der Waals surface area contributed by atoms with Gasteiger partial charge in [-0.1, -0.05) is 6.07 Å². The zero-order valence-corrected chi connectivity index (χ0v) is 19.1. The molecule has 0 amide bonds. The molecular weight excluding hydrogens is 516 g/mol. The van der Waals surface area contributed by atoms with Crippen LogP contribution < -0.4 is 15.5 Å². The molecule has 3 rings (SSSR count). The van der Waals surface area contributed by atoms with Gasteiger partial charge in [0.25, 0.3) is 0 Å². The molecule has 0 radical (unpaired) electrons. The summed E-state index contributed by atoms with van der Waals surface area (Å²) in [6.07, 6.45) is -4.42. The summed E-state index contributed by atoms with van der Waals surface area (Å²) in [5.74, 6) is 0.455. The second-order valence-corrected chi connectivity index (χ2v) is 7.13. The van der Waals surface area contributed by atoms with Gasteiger partial charge in [-0.05, 0) is 40.1 Å². The van der Waals surface area contributed by atoms with Crippen LogP contribution in [0.4, 0.5) is 18.9 Å². The van der Waals surface area contributed by atoms with Crippen LogP contribution in [0.25, 0.3) is 0 Å². The summed E-state index contributed by atoms with van der Waals surface area (Å²) in [4.78, 5) is 5.99. The Morgan fingerprint density at radius 2 is 1.90 bits per heavy atom. The van der Waals surface area contributed by atoms with Crippen LogP contribution in [0.2, 0.25) is 0 Å². The number of benzene rings is 1. The van der Waals surface area contributed by atoms with E-state index in [0.29, 0.717) is 44.5 Å². The molecule has 29 heavy (non-hydrogen) atoms. The number of guanidine groups is 1. The molecule has 1 aromatic heterocycles. The summed E-state index contributed by atoms with van der Waals surface area (Å²) in [6, 6.07) is 6.48. The molecule has 0 bridgehead atoms. The average molecular weight is 540 g/mol. The summed E-state index contributed by atoms with van der Waals surface area (Å²) in [7, 11) is 1.59. The molecule has 0 saturated carbocycles. The molecule has 1 aliphatic rings. The van der Waals surface area contributed by atoms with Crippen LogP contribution in [-0.2, 0) is 24.0 Å². The smallest absolute Gasteiger partial charge is 0.378 e. The zero-order valence-electron chi connectivity index (χ0n) is 16.0. The highest BCUT2D eigenvalue weighted by Gasteiger charge is 2.34. The number of ether oxygens (including phenoxy) is 1. The summed E-state index contributed by atoms with van der Waals surface area (Å²) in [6.45, 7) is 2.82. The summed E-state index contributed by atoms with van der Waals surface area (Å²) in [5, 5.41) is 10.1. The van der Waals surface area contributed by atoms with Gasteiger partial charge in [0.1, 0.15) is 0 Å². The van der Waals surface area contributed by atoms with E-state index < -0.39 is 11.7 Å². The lowest BCUT2D eigenvalue weighted by molar-refractivity contribution is -0.138. The summed E-state index contributed by atoms with van der Waals surface area (Å²) >= 11 is 1.59. The maximum atomic E-state index is 13.6. The molecule has 1 aliphatic heterocycles. The van der Waals surface area contributed by atoms with Crippen molar-refractivity contribution in [3.8, 4) is 0 Å². The standard InChI is InChI=1S/C19H23F3N4OS.HI/c1-23-18(24-11-14-4-9-28-13-14)25-12-15-2-3-16(10-17(15)19(20,21)22)26-5-7-27-8-6-26;/h2-4,9-10,13H,5-8,11-12H2,1H3,(H2,23,24,25);1H. The van der Waals surface area contributed by atoms with E-state index in [0.717, 1.165) is 5.56 Å². The van der Waals surface area contributed by atoms with E-state index in [9.17, 15) is 13.2 Å². The average Bonchev–Trinajstić information content (AvgIpc) is 3.22. The van der Waals surface area contributed by atoms with Crippen molar-refractivity contribution in [2.45, 2.75) is 19.3 Å². The monoisotopic (exact) mass is 540 g/mol. The number of hydrogen-bond donors (Lipinski definition) is 2. The topological polar surface area (TPSA) is 48.9 Å². The third kappa shape index (κ3) is 6.75. The molecule has 2 N–H and O–H groups in total. The van der Waals surface area contributed by atoms with Gasteiger partial charge in [-0.2, -0.15) is 24.5 Å². The lowest BCUT2D eigenvalue weighted by atomic mass is 10.0. The van der Waals surface area contributed by atoms with E-state index in [-0.39, 0.29) is 36.1 Å². The van der Waals surface area contributed by atoms with Gasteiger partial charge in [0.2, 0.25) is 0 Å². The Kier molecular flexibility index (Phi) is 9.03. The largest absolute Gasteiger partial charge is 0.416 e. The zero-order chi connectivity index (χ0) is 20.0. The van der Waals surface area contributed by atoms with Gasteiger partial charge in [0.15, 0.2) is 5.96 Å². The van der Waals surface area contributed by atoms with Gasteiger partial charge in [0, 0.05) is 38.9 Å². The highest BCUT2D eigenvalue weighted by atomic mass is 127. The van der Waals surface area contributed by atoms with Crippen LogP contribution in [0.1, 0.15) is 16.7 Å². The quantitative estimate of drug-likeness (QED) is 0.341. The van der Waals surface area contributed by atoms with Crippen LogP contribution in [0, 0.1) is 0 Å². The van der Waals surface area contributed by atoms with Gasteiger partial charge in [-0.15, -0.1) is 24.0 Å². The number of rotatable bonds is 5. The van der Waals surface area contributed by atoms with Crippen molar-refractivity contribution in [1.29, 1.82) is 0 Å². The number of alkyl halides is 3. The Labute approximate surface area is 189 Å². The van der Waals surface area contributed by atoms with Gasteiger partial charge >= 0.3 is 6.18 Å². The number of aliphatic imine (C=N–C) groups is 1. The van der Waals surface area contributed by atoms with Crippen LogP contribution in [0.5, 0.6) is 0 Å². The molecule has 2 aromatic rings. The second-order valence-electron chi connectivity index (χ2n) is 6.35. The van der Waals surface area contributed by atoms with E-state index >= 15 is 0 Å².